The monoisotopic (exact) mass is 663 g/mol. The molecule has 10 nitrogen and oxygen atoms in total. The van der Waals surface area contributed by atoms with E-state index < -0.39 is 52.0 Å². The minimum atomic E-state index is -5.04. The number of alkyl halides is 3. The number of piperazine rings is 1. The molecular weight excluding hydrogens is 625 g/mol. The second-order valence-electron chi connectivity index (χ2n) is 12.8. The molecule has 0 bridgehead atoms. The molecular formula is C32H38F5N7O3. The number of hydrogen-bond acceptors (Lipinski definition) is 10. The molecule has 4 aliphatic heterocycles. The Morgan fingerprint density at radius 1 is 1.15 bits per heavy atom. The molecule has 47 heavy (non-hydrogen) atoms. The lowest BCUT2D eigenvalue weighted by molar-refractivity contribution is -0.137. The predicted molar refractivity (Wildman–Crippen MR) is 165 cm³/mol. The van der Waals surface area contributed by atoms with E-state index in [4.69, 9.17) is 24.9 Å². The Kier molecular flexibility index (Phi) is 8.28. The van der Waals surface area contributed by atoms with Gasteiger partial charge in [-0.25, -0.2) is 13.8 Å². The van der Waals surface area contributed by atoms with E-state index in [1.807, 2.05) is 11.8 Å². The molecule has 0 amide bonds. The van der Waals surface area contributed by atoms with E-state index in [9.17, 15) is 17.6 Å². The summed E-state index contributed by atoms with van der Waals surface area (Å²) in [7, 11) is 0. The van der Waals surface area contributed by atoms with Gasteiger partial charge in [0.15, 0.2) is 5.82 Å². The van der Waals surface area contributed by atoms with Gasteiger partial charge in [0, 0.05) is 43.3 Å². The highest BCUT2D eigenvalue weighted by atomic mass is 19.4. The first-order valence-electron chi connectivity index (χ1n) is 16.2. The first-order valence-corrected chi connectivity index (χ1v) is 16.2. The lowest BCUT2D eigenvalue weighted by atomic mass is 9.96. The van der Waals surface area contributed by atoms with Crippen molar-refractivity contribution in [2.75, 3.05) is 50.1 Å². The van der Waals surface area contributed by atoms with Crippen LogP contribution in [0.15, 0.2) is 6.07 Å². The molecule has 254 valence electrons. The van der Waals surface area contributed by atoms with Gasteiger partial charge in [0.05, 0.1) is 37.1 Å². The molecule has 7 rings (SSSR count). The second-order valence-corrected chi connectivity index (χ2v) is 12.8. The van der Waals surface area contributed by atoms with Crippen molar-refractivity contribution in [2.24, 2.45) is 0 Å². The number of halogens is 5. The molecule has 5 atom stereocenters. The first kappa shape index (κ1) is 32.0. The standard InChI is InChI=1S/C32H38F5N7O3/c1-4-17-13-44-22(12-39-17)16(3)47-30-23-28(26(34)27(40-30)20-11-21(38)25(33)15(2)24(20)32(35,36)37)41-31(42-29(23)44)46-9-7-18-5-6-19-14-45-10-8-43(18)19/h11,16-19,22,39H,4-10,12-14,38H2,1-3H3/t16-,17+,18-,19-,22-/m0/s1. The SMILES string of the molecule is CC[C@@H]1CN2c3nc(OCC[C@@H]4CC[C@H]5COCCN45)nc4c(F)c(-c5cc(N)c(F)c(C)c5C(F)(F)F)nc(c34)O[C@@H](C)[C@@H]2CN1. The maximum atomic E-state index is 16.7. The number of ether oxygens (including phenoxy) is 3. The quantitative estimate of drug-likeness (QED) is 0.281. The van der Waals surface area contributed by atoms with Crippen LogP contribution in [0, 0.1) is 18.6 Å². The number of benzene rings is 1. The second kappa shape index (κ2) is 12.2. The highest BCUT2D eigenvalue weighted by molar-refractivity contribution is 5.97. The fourth-order valence-electron chi connectivity index (χ4n) is 7.58. The minimum absolute atomic E-state index is 0.100. The molecule has 0 unspecified atom stereocenters. The van der Waals surface area contributed by atoms with Gasteiger partial charge in [0.1, 0.15) is 34.3 Å². The van der Waals surface area contributed by atoms with Crippen LogP contribution in [-0.2, 0) is 10.9 Å². The van der Waals surface area contributed by atoms with Crippen LogP contribution in [0.25, 0.3) is 22.2 Å². The Balaban J connectivity index is 1.35. The van der Waals surface area contributed by atoms with Crippen molar-refractivity contribution >= 4 is 22.4 Å². The van der Waals surface area contributed by atoms with Gasteiger partial charge in [-0.3, -0.25) is 4.90 Å². The number of nitrogens with one attached hydrogen (secondary N) is 1. The average molecular weight is 664 g/mol. The molecule has 3 fully saturated rings. The van der Waals surface area contributed by atoms with Gasteiger partial charge in [-0.05, 0) is 51.2 Å². The lowest BCUT2D eigenvalue weighted by Crippen LogP contribution is -2.60. The van der Waals surface area contributed by atoms with Gasteiger partial charge >= 0.3 is 12.2 Å². The number of nitrogen functional groups attached to an aromatic ring is 1. The maximum absolute atomic E-state index is 16.7. The van der Waals surface area contributed by atoms with Gasteiger partial charge in [0.2, 0.25) is 5.88 Å². The van der Waals surface area contributed by atoms with Crippen LogP contribution in [0.2, 0.25) is 0 Å². The number of morpholine rings is 1. The Labute approximate surface area is 268 Å². The average Bonchev–Trinajstić information content (AvgIpc) is 3.41. The summed E-state index contributed by atoms with van der Waals surface area (Å²) in [6.07, 6.45) is -1.99. The van der Waals surface area contributed by atoms with Gasteiger partial charge in [-0.1, -0.05) is 6.92 Å². The highest BCUT2D eigenvalue weighted by Gasteiger charge is 2.42. The third-order valence-electron chi connectivity index (χ3n) is 10.1. The van der Waals surface area contributed by atoms with Gasteiger partial charge in [0.25, 0.3) is 0 Å². The predicted octanol–water partition coefficient (Wildman–Crippen LogP) is 4.85. The number of anilines is 2. The van der Waals surface area contributed by atoms with Crippen molar-refractivity contribution in [1.82, 2.24) is 25.2 Å². The topological polar surface area (TPSA) is 111 Å². The van der Waals surface area contributed by atoms with Crippen molar-refractivity contribution in [2.45, 2.75) is 82.9 Å². The summed E-state index contributed by atoms with van der Waals surface area (Å²) in [5.41, 5.74) is 1.36. The number of rotatable bonds is 6. The van der Waals surface area contributed by atoms with Crippen LogP contribution in [-0.4, -0.2) is 89.6 Å². The fraction of sp³-hybridized carbons (Fsp3) is 0.594. The maximum Gasteiger partial charge on any atom is 0.417 e. The molecule has 0 spiro atoms. The molecule has 0 radical (unpaired) electrons. The molecule has 15 heteroatoms. The number of fused-ring (bicyclic) bond motifs is 3. The van der Waals surface area contributed by atoms with E-state index in [1.165, 1.54) is 0 Å². The zero-order valence-corrected chi connectivity index (χ0v) is 26.5. The van der Waals surface area contributed by atoms with Gasteiger partial charge < -0.3 is 30.2 Å². The fourth-order valence-corrected chi connectivity index (χ4v) is 7.58. The molecule has 6 heterocycles. The van der Waals surface area contributed by atoms with Crippen molar-refractivity contribution in [1.29, 1.82) is 0 Å². The first-order chi connectivity index (χ1) is 22.5. The smallest absolute Gasteiger partial charge is 0.417 e. The van der Waals surface area contributed by atoms with Crippen LogP contribution < -0.4 is 25.4 Å². The van der Waals surface area contributed by atoms with Gasteiger partial charge in [-0.2, -0.15) is 23.1 Å². The summed E-state index contributed by atoms with van der Waals surface area (Å²) in [6.45, 7) is 8.39. The molecule has 2 aromatic heterocycles. The highest BCUT2D eigenvalue weighted by Crippen LogP contribution is 2.46. The van der Waals surface area contributed by atoms with E-state index in [0.29, 0.717) is 50.6 Å². The van der Waals surface area contributed by atoms with Crippen molar-refractivity contribution < 1.29 is 36.2 Å². The summed E-state index contributed by atoms with van der Waals surface area (Å²) >= 11 is 0. The van der Waals surface area contributed by atoms with Crippen LogP contribution >= 0.6 is 0 Å². The molecule has 4 aliphatic rings. The summed E-state index contributed by atoms with van der Waals surface area (Å²) in [4.78, 5) is 18.0. The normalized spacial score (nSPS) is 26.1. The summed E-state index contributed by atoms with van der Waals surface area (Å²) in [5, 5.41) is 3.64. The minimum Gasteiger partial charge on any atom is -0.472 e. The summed E-state index contributed by atoms with van der Waals surface area (Å²) in [5.74, 6) is -2.15. The van der Waals surface area contributed by atoms with Crippen LogP contribution in [0.5, 0.6) is 11.9 Å². The van der Waals surface area contributed by atoms with E-state index in [2.05, 4.69) is 27.1 Å². The number of pyridine rings is 1. The molecule has 3 N–H and O–H groups in total. The molecule has 0 saturated carbocycles. The Bertz CT molecular complexity index is 1690. The van der Waals surface area contributed by atoms with Crippen molar-refractivity contribution in [3.63, 3.8) is 0 Å². The Hall–Kier alpha value is -3.56. The molecule has 3 aromatic rings. The number of aromatic nitrogens is 3. The van der Waals surface area contributed by atoms with E-state index >= 15 is 4.39 Å². The van der Waals surface area contributed by atoms with Crippen molar-refractivity contribution in [3.05, 3.63) is 28.8 Å². The number of hydrogen-bond donors (Lipinski definition) is 2. The van der Waals surface area contributed by atoms with E-state index in [-0.39, 0.29) is 41.5 Å². The zero-order chi connectivity index (χ0) is 33.2. The van der Waals surface area contributed by atoms with Crippen LogP contribution in [0.1, 0.15) is 50.7 Å². The van der Waals surface area contributed by atoms with Crippen LogP contribution in [0.3, 0.4) is 0 Å². The third-order valence-corrected chi connectivity index (χ3v) is 10.1. The zero-order valence-electron chi connectivity index (χ0n) is 26.5. The number of nitrogens with two attached hydrogens (primary N) is 1. The molecule has 1 aromatic carbocycles. The van der Waals surface area contributed by atoms with Gasteiger partial charge in [-0.15, -0.1) is 0 Å². The Morgan fingerprint density at radius 3 is 2.72 bits per heavy atom. The summed E-state index contributed by atoms with van der Waals surface area (Å²) < 4.78 is 92.5. The summed E-state index contributed by atoms with van der Waals surface area (Å²) in [6, 6.07) is 1.20. The lowest BCUT2D eigenvalue weighted by Gasteiger charge is -2.42. The Morgan fingerprint density at radius 2 is 1.96 bits per heavy atom. The van der Waals surface area contributed by atoms with E-state index in [1.54, 1.807) is 0 Å². The molecule has 0 aliphatic carbocycles. The number of nitrogens with zero attached hydrogens (tertiary/aromatic N) is 5. The van der Waals surface area contributed by atoms with Crippen LogP contribution in [0.4, 0.5) is 33.5 Å². The third kappa shape index (κ3) is 5.59. The van der Waals surface area contributed by atoms with E-state index in [0.717, 1.165) is 38.8 Å². The van der Waals surface area contributed by atoms with Crippen molar-refractivity contribution in [3.8, 4) is 23.1 Å². The largest absolute Gasteiger partial charge is 0.472 e. The molecule has 3 saturated heterocycles.